The van der Waals surface area contributed by atoms with Gasteiger partial charge >= 0.3 is 0 Å². The molecule has 7 nitrogen and oxygen atoms in total. The molecular weight excluding hydrogens is 388 g/mol. The van der Waals surface area contributed by atoms with Crippen LogP contribution in [0.2, 0.25) is 5.15 Å². The molecule has 2 aromatic heterocycles. The number of piperidine rings is 1. The first-order valence-corrected chi connectivity index (χ1v) is 10.6. The number of methoxy groups -OCH3 is 1. The van der Waals surface area contributed by atoms with Crippen LogP contribution in [-0.2, 0) is 6.54 Å². The molecular formula is C21H29ClN6O. The van der Waals surface area contributed by atoms with E-state index in [1.807, 2.05) is 13.1 Å². The van der Waals surface area contributed by atoms with Crippen LogP contribution in [0.1, 0.15) is 47.6 Å². The van der Waals surface area contributed by atoms with Gasteiger partial charge in [-0.1, -0.05) is 18.0 Å². The molecule has 4 heterocycles. The van der Waals surface area contributed by atoms with Gasteiger partial charge in [0.2, 0.25) is 5.95 Å². The minimum Gasteiger partial charge on any atom is -0.496 e. The van der Waals surface area contributed by atoms with Crippen LogP contribution in [0.4, 0.5) is 11.8 Å². The summed E-state index contributed by atoms with van der Waals surface area (Å²) >= 11 is 6.54. The molecule has 0 aliphatic carbocycles. The highest BCUT2D eigenvalue weighted by molar-refractivity contribution is 6.30. The highest BCUT2D eigenvalue weighted by Crippen LogP contribution is 2.41. The quantitative estimate of drug-likeness (QED) is 0.748. The Morgan fingerprint density at radius 1 is 1.21 bits per heavy atom. The Bertz CT molecular complexity index is 899. The molecule has 2 N–H and O–H groups in total. The molecule has 0 aromatic carbocycles. The molecule has 2 aliphatic heterocycles. The number of nitrogen functional groups attached to an aromatic ring is 1. The third-order valence-corrected chi connectivity index (χ3v) is 6.35. The van der Waals surface area contributed by atoms with Gasteiger partial charge in [-0.15, -0.1) is 0 Å². The zero-order valence-electron chi connectivity index (χ0n) is 17.4. The Kier molecular flexibility index (Phi) is 5.79. The van der Waals surface area contributed by atoms with Crippen molar-refractivity contribution in [2.75, 3.05) is 43.9 Å². The molecule has 4 rings (SSSR count). The fourth-order valence-electron chi connectivity index (χ4n) is 4.64. The van der Waals surface area contributed by atoms with Crippen LogP contribution < -0.4 is 15.4 Å². The van der Waals surface area contributed by atoms with Crippen LogP contribution in [0.3, 0.4) is 0 Å². The van der Waals surface area contributed by atoms with Gasteiger partial charge < -0.3 is 20.3 Å². The number of ether oxygens (including phenoxy) is 1. The number of nitrogens with zero attached hydrogens (tertiary/aromatic N) is 5. The first-order chi connectivity index (χ1) is 14.0. The van der Waals surface area contributed by atoms with Crippen molar-refractivity contribution >= 4 is 23.4 Å². The highest BCUT2D eigenvalue weighted by Gasteiger charge is 2.35. The summed E-state index contributed by atoms with van der Waals surface area (Å²) in [5, 5.41) is 0.475. The molecule has 1 unspecified atom stereocenters. The van der Waals surface area contributed by atoms with Gasteiger partial charge in [-0.05, 0) is 39.8 Å². The maximum atomic E-state index is 6.54. The normalized spacial score (nSPS) is 19.4. The Morgan fingerprint density at radius 3 is 2.69 bits per heavy atom. The molecule has 0 bridgehead atoms. The molecule has 0 amide bonds. The lowest BCUT2D eigenvalue weighted by atomic mass is 10.0. The number of anilines is 2. The second-order valence-electron chi connectivity index (χ2n) is 8.09. The fourth-order valence-corrected chi connectivity index (χ4v) is 4.96. The molecule has 0 saturated carbocycles. The van der Waals surface area contributed by atoms with E-state index in [4.69, 9.17) is 22.1 Å². The Balaban J connectivity index is 1.63. The van der Waals surface area contributed by atoms with Gasteiger partial charge in [-0.2, -0.15) is 4.98 Å². The number of fused-ring (bicyclic) bond motifs is 1. The SMILES string of the molecule is COc1c(C)cnc(CN2CC(CN3CCCCC3)c3c(Cl)nc(N)nc32)c1C. The predicted octanol–water partition coefficient (Wildman–Crippen LogP) is 3.32. The van der Waals surface area contributed by atoms with Crippen LogP contribution in [0.15, 0.2) is 6.20 Å². The van der Waals surface area contributed by atoms with Crippen molar-refractivity contribution in [1.82, 2.24) is 19.9 Å². The van der Waals surface area contributed by atoms with E-state index in [9.17, 15) is 0 Å². The first kappa shape index (κ1) is 20.2. The zero-order chi connectivity index (χ0) is 20.5. The molecule has 156 valence electrons. The number of halogens is 1. The monoisotopic (exact) mass is 416 g/mol. The maximum absolute atomic E-state index is 6.54. The van der Waals surface area contributed by atoms with Crippen molar-refractivity contribution in [1.29, 1.82) is 0 Å². The van der Waals surface area contributed by atoms with Crippen LogP contribution in [0, 0.1) is 13.8 Å². The molecule has 1 atom stereocenters. The minimum absolute atomic E-state index is 0.212. The van der Waals surface area contributed by atoms with Gasteiger partial charge in [-0.3, -0.25) is 4.98 Å². The molecule has 1 fully saturated rings. The molecule has 29 heavy (non-hydrogen) atoms. The Hall–Kier alpha value is -2.12. The van der Waals surface area contributed by atoms with Crippen molar-refractivity contribution in [2.24, 2.45) is 0 Å². The van der Waals surface area contributed by atoms with Gasteiger partial charge in [0.1, 0.15) is 16.7 Å². The number of likely N-dealkylation sites (tertiary alicyclic amines) is 1. The van der Waals surface area contributed by atoms with Crippen molar-refractivity contribution in [3.05, 3.63) is 33.7 Å². The van der Waals surface area contributed by atoms with Crippen LogP contribution in [0.5, 0.6) is 5.75 Å². The number of aryl methyl sites for hydroxylation is 1. The number of pyridine rings is 1. The smallest absolute Gasteiger partial charge is 0.223 e. The molecule has 8 heteroatoms. The van der Waals surface area contributed by atoms with E-state index >= 15 is 0 Å². The standard InChI is InChI=1S/C21H29ClN6O/c1-13-9-24-16(14(2)18(13)29-3)12-28-11-15(10-27-7-5-4-6-8-27)17-19(22)25-21(23)26-20(17)28/h9,15H,4-8,10-12H2,1-3H3,(H2,23,25,26). The Labute approximate surface area is 177 Å². The highest BCUT2D eigenvalue weighted by atomic mass is 35.5. The van der Waals surface area contributed by atoms with E-state index in [0.29, 0.717) is 11.7 Å². The van der Waals surface area contributed by atoms with E-state index in [2.05, 4.69) is 31.7 Å². The van der Waals surface area contributed by atoms with Crippen LogP contribution >= 0.6 is 11.6 Å². The number of hydrogen-bond acceptors (Lipinski definition) is 7. The second kappa shape index (κ2) is 8.32. The number of nitrogens with two attached hydrogens (primary N) is 1. The van der Waals surface area contributed by atoms with Crippen molar-refractivity contribution in [3.63, 3.8) is 0 Å². The molecule has 2 aliphatic rings. The Morgan fingerprint density at radius 2 is 1.97 bits per heavy atom. The summed E-state index contributed by atoms with van der Waals surface area (Å²) in [6.07, 6.45) is 5.72. The first-order valence-electron chi connectivity index (χ1n) is 10.3. The lowest BCUT2D eigenvalue weighted by Crippen LogP contribution is -2.35. The summed E-state index contributed by atoms with van der Waals surface area (Å²) in [4.78, 5) is 18.2. The van der Waals surface area contributed by atoms with Gasteiger partial charge in [0.05, 0.1) is 19.3 Å². The van der Waals surface area contributed by atoms with Crippen molar-refractivity contribution < 1.29 is 4.74 Å². The van der Waals surface area contributed by atoms with Gasteiger partial charge in [0.25, 0.3) is 0 Å². The zero-order valence-corrected chi connectivity index (χ0v) is 18.2. The number of rotatable bonds is 5. The topological polar surface area (TPSA) is 80.4 Å². The fraction of sp³-hybridized carbons (Fsp3) is 0.571. The summed E-state index contributed by atoms with van der Waals surface area (Å²) in [7, 11) is 1.70. The maximum Gasteiger partial charge on any atom is 0.223 e. The summed E-state index contributed by atoms with van der Waals surface area (Å²) in [5.74, 6) is 2.21. The van der Waals surface area contributed by atoms with E-state index in [1.165, 1.54) is 19.3 Å². The second-order valence-corrected chi connectivity index (χ2v) is 8.45. The van der Waals surface area contributed by atoms with E-state index < -0.39 is 0 Å². The molecule has 1 saturated heterocycles. The van der Waals surface area contributed by atoms with E-state index in [1.54, 1.807) is 7.11 Å². The predicted molar refractivity (Wildman–Crippen MR) is 116 cm³/mol. The average Bonchev–Trinajstić information content (AvgIpc) is 3.02. The van der Waals surface area contributed by atoms with E-state index in [0.717, 1.165) is 60.1 Å². The van der Waals surface area contributed by atoms with Crippen molar-refractivity contribution in [2.45, 2.75) is 45.6 Å². The largest absolute Gasteiger partial charge is 0.496 e. The van der Waals surface area contributed by atoms with Gasteiger partial charge in [0, 0.05) is 41.9 Å². The number of hydrogen-bond donors (Lipinski definition) is 1. The molecule has 0 radical (unpaired) electrons. The number of aromatic nitrogens is 3. The summed E-state index contributed by atoms with van der Waals surface area (Å²) < 4.78 is 5.58. The van der Waals surface area contributed by atoms with Gasteiger partial charge in [-0.25, -0.2) is 4.98 Å². The average molecular weight is 417 g/mol. The van der Waals surface area contributed by atoms with Crippen LogP contribution in [0.25, 0.3) is 0 Å². The van der Waals surface area contributed by atoms with E-state index in [-0.39, 0.29) is 11.9 Å². The minimum atomic E-state index is 0.212. The van der Waals surface area contributed by atoms with Crippen molar-refractivity contribution in [3.8, 4) is 5.75 Å². The molecule has 0 spiro atoms. The summed E-state index contributed by atoms with van der Waals surface area (Å²) in [5.41, 5.74) is 10.0. The van der Waals surface area contributed by atoms with Gasteiger partial charge in [0.15, 0.2) is 0 Å². The van der Waals surface area contributed by atoms with Crippen LogP contribution in [-0.4, -0.2) is 53.1 Å². The third-order valence-electron chi connectivity index (χ3n) is 6.06. The summed E-state index contributed by atoms with van der Waals surface area (Å²) in [6.45, 7) is 8.80. The lowest BCUT2D eigenvalue weighted by molar-refractivity contribution is 0.218. The third kappa shape index (κ3) is 3.98. The molecule has 2 aromatic rings. The summed E-state index contributed by atoms with van der Waals surface area (Å²) in [6, 6.07) is 0. The lowest BCUT2D eigenvalue weighted by Gasteiger charge is -2.29.